The zero-order valence-electron chi connectivity index (χ0n) is 19.2. The molecule has 1 fully saturated rings. The van der Waals surface area contributed by atoms with Gasteiger partial charge in [0.2, 0.25) is 5.91 Å². The zero-order valence-corrected chi connectivity index (χ0v) is 20.1. The second-order valence-corrected chi connectivity index (χ2v) is 9.51. The fourth-order valence-corrected chi connectivity index (χ4v) is 5.04. The van der Waals surface area contributed by atoms with Gasteiger partial charge in [0.05, 0.1) is 21.9 Å². The molecule has 11 nitrogen and oxygen atoms in total. The summed E-state index contributed by atoms with van der Waals surface area (Å²) in [6.07, 6.45) is 1.43. The summed E-state index contributed by atoms with van der Waals surface area (Å²) in [7, 11) is 1.65. The van der Waals surface area contributed by atoms with Crippen molar-refractivity contribution >= 4 is 39.4 Å². The van der Waals surface area contributed by atoms with E-state index in [0.717, 1.165) is 20.1 Å². The van der Waals surface area contributed by atoms with Gasteiger partial charge < -0.3 is 10.2 Å². The van der Waals surface area contributed by atoms with E-state index in [1.807, 2.05) is 31.2 Å². The number of benzene rings is 2. The van der Waals surface area contributed by atoms with Crippen LogP contribution in [0.5, 0.6) is 0 Å². The number of nitrogens with one attached hydrogen (secondary N) is 1. The number of amides is 4. The number of aromatic nitrogens is 5. The number of urea groups is 1. The smallest absolute Gasteiger partial charge is 0.325 e. The van der Waals surface area contributed by atoms with Crippen molar-refractivity contribution in [2.75, 3.05) is 13.6 Å². The number of hydrogen-bond donors (Lipinski definition) is 1. The first-order valence-electron chi connectivity index (χ1n) is 10.9. The van der Waals surface area contributed by atoms with E-state index in [1.54, 1.807) is 38.2 Å². The molecule has 4 aromatic rings. The van der Waals surface area contributed by atoms with Crippen molar-refractivity contribution in [3.8, 4) is 5.69 Å². The van der Waals surface area contributed by atoms with Crippen LogP contribution in [-0.4, -0.2) is 66.4 Å². The quantitative estimate of drug-likeness (QED) is 0.411. The Balaban J connectivity index is 1.33. The van der Waals surface area contributed by atoms with Crippen LogP contribution in [0, 0.1) is 0 Å². The third-order valence-electron chi connectivity index (χ3n) is 6.25. The van der Waals surface area contributed by atoms with E-state index in [0.29, 0.717) is 11.3 Å². The van der Waals surface area contributed by atoms with Crippen molar-refractivity contribution in [2.24, 2.45) is 0 Å². The topological polar surface area (TPSA) is 126 Å². The summed E-state index contributed by atoms with van der Waals surface area (Å²) in [6.45, 7) is 3.11. The molecular weight excluding hydrogens is 468 g/mol. The van der Waals surface area contributed by atoms with E-state index < -0.39 is 17.5 Å². The SMILES string of the molecule is C[C@@H](c1nc2ccccc2s1)N(C)C(=O)CN1C(=O)N[C@@](C)(c2cccc(-n3cnnn3)c2)C1=O. The monoisotopic (exact) mass is 490 g/mol. The van der Waals surface area contributed by atoms with Crippen LogP contribution in [0.4, 0.5) is 4.79 Å². The van der Waals surface area contributed by atoms with Gasteiger partial charge in [0.25, 0.3) is 5.91 Å². The van der Waals surface area contributed by atoms with Crippen molar-refractivity contribution in [3.05, 3.63) is 65.4 Å². The van der Waals surface area contributed by atoms with Crippen molar-refractivity contribution in [3.63, 3.8) is 0 Å². The van der Waals surface area contributed by atoms with Gasteiger partial charge in [0, 0.05) is 7.05 Å². The van der Waals surface area contributed by atoms with Crippen molar-refractivity contribution in [2.45, 2.75) is 25.4 Å². The standard InChI is InChI=1S/C23H22N8O3S/c1-14(20-25-17-9-4-5-10-18(17)35-20)29(3)19(32)12-30-21(33)23(2,26-22(30)34)15-7-6-8-16(11-15)31-13-24-27-28-31/h4-11,13-14H,12H2,1-3H3,(H,26,34)/t14-,23-/m0/s1. The average Bonchev–Trinajstić information content (AvgIpc) is 3.59. The fraction of sp³-hybridized carbons (Fsp3) is 0.261. The average molecular weight is 491 g/mol. The molecule has 0 radical (unpaired) electrons. The first-order chi connectivity index (χ1) is 16.8. The van der Waals surface area contributed by atoms with Gasteiger partial charge in [0.15, 0.2) is 0 Å². The molecule has 178 valence electrons. The maximum absolute atomic E-state index is 13.4. The number of carbonyl (C=O) groups is 3. The molecule has 0 saturated carbocycles. The molecule has 0 unspecified atom stereocenters. The summed E-state index contributed by atoms with van der Waals surface area (Å²) in [6, 6.07) is 13.8. The highest BCUT2D eigenvalue weighted by molar-refractivity contribution is 7.18. The molecule has 2 atom stereocenters. The number of likely N-dealkylation sites (N-methyl/N-ethyl adjacent to an activating group) is 1. The molecule has 0 aliphatic carbocycles. The van der Waals surface area contributed by atoms with E-state index in [4.69, 9.17) is 0 Å². The van der Waals surface area contributed by atoms with Gasteiger partial charge in [-0.15, -0.1) is 16.4 Å². The van der Waals surface area contributed by atoms with E-state index in [-0.39, 0.29) is 18.5 Å². The highest BCUT2D eigenvalue weighted by Crippen LogP contribution is 2.31. The minimum atomic E-state index is -1.33. The van der Waals surface area contributed by atoms with Crippen LogP contribution in [0.2, 0.25) is 0 Å². The molecule has 4 amide bonds. The molecule has 5 rings (SSSR count). The summed E-state index contributed by atoms with van der Waals surface area (Å²) in [5, 5.41) is 14.6. The van der Waals surface area contributed by atoms with Gasteiger partial charge >= 0.3 is 6.03 Å². The number of fused-ring (bicyclic) bond motifs is 1. The lowest BCUT2D eigenvalue weighted by Crippen LogP contribution is -2.44. The summed E-state index contributed by atoms with van der Waals surface area (Å²) >= 11 is 1.51. The highest BCUT2D eigenvalue weighted by atomic mass is 32.1. The zero-order chi connectivity index (χ0) is 24.7. The Morgan fingerprint density at radius 2 is 2.00 bits per heavy atom. The van der Waals surface area contributed by atoms with Crippen molar-refractivity contribution < 1.29 is 14.4 Å². The predicted molar refractivity (Wildman–Crippen MR) is 128 cm³/mol. The summed E-state index contributed by atoms with van der Waals surface area (Å²) in [5.41, 5.74) is 0.720. The summed E-state index contributed by atoms with van der Waals surface area (Å²) < 4.78 is 2.48. The summed E-state index contributed by atoms with van der Waals surface area (Å²) in [5.74, 6) is -0.877. The van der Waals surface area contributed by atoms with Gasteiger partial charge in [-0.2, -0.15) is 0 Å². The molecule has 1 aliphatic rings. The molecular formula is C23H22N8O3S. The lowest BCUT2D eigenvalue weighted by Gasteiger charge is -2.26. The summed E-state index contributed by atoms with van der Waals surface area (Å²) in [4.78, 5) is 46.3. The number of imide groups is 1. The second kappa shape index (κ2) is 8.55. The Morgan fingerprint density at radius 3 is 2.74 bits per heavy atom. The first-order valence-corrected chi connectivity index (χ1v) is 11.7. The van der Waals surface area contributed by atoms with Gasteiger partial charge in [-0.3, -0.25) is 14.5 Å². The van der Waals surface area contributed by atoms with Crippen LogP contribution in [0.1, 0.15) is 30.5 Å². The molecule has 12 heteroatoms. The van der Waals surface area contributed by atoms with Crippen LogP contribution < -0.4 is 5.32 Å². The molecule has 0 bridgehead atoms. The lowest BCUT2D eigenvalue weighted by molar-refractivity contribution is -0.139. The van der Waals surface area contributed by atoms with Crippen molar-refractivity contribution in [1.29, 1.82) is 0 Å². The minimum absolute atomic E-state index is 0.319. The molecule has 1 aliphatic heterocycles. The Morgan fingerprint density at radius 1 is 1.20 bits per heavy atom. The molecule has 0 spiro atoms. The van der Waals surface area contributed by atoms with Crippen LogP contribution >= 0.6 is 11.3 Å². The van der Waals surface area contributed by atoms with Crippen molar-refractivity contribution in [1.82, 2.24) is 40.3 Å². The first kappa shape index (κ1) is 22.6. The van der Waals surface area contributed by atoms with E-state index in [2.05, 4.69) is 25.8 Å². The van der Waals surface area contributed by atoms with Gasteiger partial charge in [-0.05, 0) is 54.1 Å². The number of thiazole rings is 1. The Kier molecular flexibility index (Phi) is 5.52. The normalized spacial score (nSPS) is 18.7. The fourth-order valence-electron chi connectivity index (χ4n) is 3.97. The largest absolute Gasteiger partial charge is 0.335 e. The van der Waals surface area contributed by atoms with Gasteiger partial charge in [-0.25, -0.2) is 14.5 Å². The third-order valence-corrected chi connectivity index (χ3v) is 7.45. The van der Waals surface area contributed by atoms with Crippen LogP contribution in [-0.2, 0) is 15.1 Å². The maximum Gasteiger partial charge on any atom is 0.325 e. The molecule has 1 N–H and O–H groups in total. The number of para-hydroxylation sites is 1. The van der Waals surface area contributed by atoms with Crippen LogP contribution in [0.25, 0.3) is 15.9 Å². The number of rotatable bonds is 6. The molecule has 35 heavy (non-hydrogen) atoms. The third kappa shape index (κ3) is 3.91. The Labute approximate surface area is 204 Å². The Bertz CT molecular complexity index is 1400. The number of hydrogen-bond acceptors (Lipinski definition) is 8. The molecule has 2 aromatic heterocycles. The minimum Gasteiger partial charge on any atom is -0.335 e. The van der Waals surface area contributed by atoms with Crippen LogP contribution in [0.15, 0.2) is 54.9 Å². The van der Waals surface area contributed by atoms with E-state index in [1.165, 1.54) is 27.2 Å². The highest BCUT2D eigenvalue weighted by Gasteiger charge is 2.50. The van der Waals surface area contributed by atoms with Gasteiger partial charge in [0.1, 0.15) is 23.4 Å². The van der Waals surface area contributed by atoms with Gasteiger partial charge in [-0.1, -0.05) is 24.3 Å². The number of nitrogens with zero attached hydrogens (tertiary/aromatic N) is 7. The maximum atomic E-state index is 13.4. The predicted octanol–water partition coefficient (Wildman–Crippen LogP) is 2.26. The lowest BCUT2D eigenvalue weighted by atomic mass is 9.91. The number of carbonyl (C=O) groups excluding carboxylic acids is 3. The second-order valence-electron chi connectivity index (χ2n) is 8.45. The molecule has 2 aromatic carbocycles. The van der Waals surface area contributed by atoms with E-state index >= 15 is 0 Å². The van der Waals surface area contributed by atoms with E-state index in [9.17, 15) is 14.4 Å². The Hall–Kier alpha value is -4.19. The number of tetrazole rings is 1. The molecule has 1 saturated heterocycles. The van der Waals surface area contributed by atoms with Crippen LogP contribution in [0.3, 0.4) is 0 Å². The molecule has 3 heterocycles.